The van der Waals surface area contributed by atoms with E-state index in [1.54, 1.807) is 13.0 Å². The lowest BCUT2D eigenvalue weighted by molar-refractivity contribution is -0.149. The molecule has 0 bridgehead atoms. The average molecular weight is 251 g/mol. The van der Waals surface area contributed by atoms with Crippen molar-refractivity contribution in [3.63, 3.8) is 0 Å². The van der Waals surface area contributed by atoms with Crippen LogP contribution in [0, 0.1) is 6.92 Å². The molecule has 2 rings (SSSR count). The number of carbonyl (C=O) groups is 2. The summed E-state index contributed by atoms with van der Waals surface area (Å²) in [4.78, 5) is 22.6. The molecule has 6 nitrogen and oxygen atoms in total. The minimum absolute atomic E-state index is 0.242. The van der Waals surface area contributed by atoms with Crippen LogP contribution in [0.25, 0.3) is 0 Å². The summed E-state index contributed by atoms with van der Waals surface area (Å²) in [6, 6.07) is 3.18. The zero-order valence-electron chi connectivity index (χ0n) is 9.98. The number of nitrogens with one attached hydrogen (secondary N) is 1. The standard InChI is InChI=1S/C12H13NO5/c1-6-3-7(18-2)4-8-10(6)13-11(16)12(8,17)5-9(14)15/h3-4,17H,5H2,1-2H3,(H,13,16)(H,14,15). The van der Waals surface area contributed by atoms with Gasteiger partial charge >= 0.3 is 5.97 Å². The zero-order chi connectivity index (χ0) is 13.5. The highest BCUT2D eigenvalue weighted by Gasteiger charge is 2.47. The summed E-state index contributed by atoms with van der Waals surface area (Å²) in [6.07, 6.45) is -0.682. The predicted molar refractivity (Wildman–Crippen MR) is 62.5 cm³/mol. The maximum Gasteiger partial charge on any atom is 0.307 e. The molecule has 1 aliphatic heterocycles. The number of carbonyl (C=O) groups excluding carboxylic acids is 1. The molecular formula is C12H13NO5. The number of hydrogen-bond donors (Lipinski definition) is 3. The number of aliphatic carboxylic acids is 1. The summed E-state index contributed by atoms with van der Waals surface area (Å²) in [6.45, 7) is 1.74. The Morgan fingerprint density at radius 3 is 2.72 bits per heavy atom. The van der Waals surface area contributed by atoms with E-state index in [1.165, 1.54) is 13.2 Å². The molecule has 0 aliphatic carbocycles. The van der Waals surface area contributed by atoms with E-state index in [0.717, 1.165) is 0 Å². The van der Waals surface area contributed by atoms with Crippen LogP contribution in [0.3, 0.4) is 0 Å². The van der Waals surface area contributed by atoms with Gasteiger partial charge in [-0.25, -0.2) is 0 Å². The number of rotatable bonds is 3. The van der Waals surface area contributed by atoms with Crippen molar-refractivity contribution < 1.29 is 24.5 Å². The molecule has 96 valence electrons. The van der Waals surface area contributed by atoms with Gasteiger partial charge < -0.3 is 20.3 Å². The van der Waals surface area contributed by atoms with Crippen LogP contribution < -0.4 is 10.1 Å². The van der Waals surface area contributed by atoms with E-state index in [0.29, 0.717) is 17.0 Å². The lowest BCUT2D eigenvalue weighted by atomic mass is 9.90. The third-order valence-corrected chi connectivity index (χ3v) is 3.01. The van der Waals surface area contributed by atoms with Gasteiger partial charge in [-0.05, 0) is 24.6 Å². The number of amides is 1. The number of methoxy groups -OCH3 is 1. The van der Waals surface area contributed by atoms with Crippen LogP contribution in [0.2, 0.25) is 0 Å². The summed E-state index contributed by atoms with van der Waals surface area (Å²) in [5.41, 5.74) is -0.643. The minimum Gasteiger partial charge on any atom is -0.497 e. The summed E-state index contributed by atoms with van der Waals surface area (Å²) in [7, 11) is 1.46. The molecule has 0 spiro atoms. The van der Waals surface area contributed by atoms with Gasteiger partial charge in [0.2, 0.25) is 0 Å². The number of hydrogen-bond acceptors (Lipinski definition) is 4. The van der Waals surface area contributed by atoms with Gasteiger partial charge in [-0.15, -0.1) is 0 Å². The smallest absolute Gasteiger partial charge is 0.307 e. The fourth-order valence-corrected chi connectivity index (χ4v) is 2.10. The molecule has 1 heterocycles. The van der Waals surface area contributed by atoms with Crippen LogP contribution in [0.4, 0.5) is 5.69 Å². The maximum absolute atomic E-state index is 11.8. The second-order valence-electron chi connectivity index (χ2n) is 4.25. The third kappa shape index (κ3) is 1.70. The molecule has 1 aromatic rings. The van der Waals surface area contributed by atoms with E-state index in [9.17, 15) is 14.7 Å². The van der Waals surface area contributed by atoms with Crippen molar-refractivity contribution in [2.45, 2.75) is 18.9 Å². The maximum atomic E-state index is 11.8. The molecule has 0 saturated heterocycles. The normalized spacial score (nSPS) is 21.4. The predicted octanol–water partition coefficient (Wildman–Crippen LogP) is 0.618. The van der Waals surface area contributed by atoms with Crippen molar-refractivity contribution in [2.75, 3.05) is 12.4 Å². The van der Waals surface area contributed by atoms with Gasteiger partial charge in [0.15, 0.2) is 5.60 Å². The third-order valence-electron chi connectivity index (χ3n) is 3.01. The summed E-state index contributed by atoms with van der Waals surface area (Å²) in [5.74, 6) is -1.51. The number of carboxylic acids is 1. The molecule has 0 aromatic heterocycles. The van der Waals surface area contributed by atoms with Gasteiger partial charge in [-0.3, -0.25) is 9.59 Å². The van der Waals surface area contributed by atoms with E-state index >= 15 is 0 Å². The Balaban J connectivity index is 2.59. The highest BCUT2D eigenvalue weighted by Crippen LogP contribution is 2.42. The number of anilines is 1. The molecule has 1 unspecified atom stereocenters. The van der Waals surface area contributed by atoms with Gasteiger partial charge in [-0.2, -0.15) is 0 Å². The quantitative estimate of drug-likeness (QED) is 0.731. The molecule has 1 atom stereocenters. The number of fused-ring (bicyclic) bond motifs is 1. The number of ether oxygens (including phenoxy) is 1. The first-order chi connectivity index (χ1) is 8.38. The van der Waals surface area contributed by atoms with Crippen molar-refractivity contribution >= 4 is 17.6 Å². The van der Waals surface area contributed by atoms with Crippen molar-refractivity contribution in [2.24, 2.45) is 0 Å². The lowest BCUT2D eigenvalue weighted by Crippen LogP contribution is -2.36. The number of aryl methyl sites for hydroxylation is 1. The van der Waals surface area contributed by atoms with E-state index in [4.69, 9.17) is 9.84 Å². The Kier molecular flexibility index (Phi) is 2.74. The first-order valence-electron chi connectivity index (χ1n) is 5.33. The second kappa shape index (κ2) is 3.99. The lowest BCUT2D eigenvalue weighted by Gasteiger charge is -2.19. The van der Waals surface area contributed by atoms with Crippen molar-refractivity contribution in [3.05, 3.63) is 23.3 Å². The Morgan fingerprint density at radius 2 is 2.17 bits per heavy atom. The molecule has 3 N–H and O–H groups in total. The average Bonchev–Trinajstić information content (AvgIpc) is 2.52. The summed E-state index contributed by atoms with van der Waals surface area (Å²) >= 11 is 0. The van der Waals surface area contributed by atoms with Gasteiger partial charge in [-0.1, -0.05) is 0 Å². The highest BCUT2D eigenvalue weighted by atomic mass is 16.5. The van der Waals surface area contributed by atoms with Crippen molar-refractivity contribution in [3.8, 4) is 5.75 Å². The van der Waals surface area contributed by atoms with Crippen LogP contribution in [0.1, 0.15) is 17.5 Å². The van der Waals surface area contributed by atoms with Crippen molar-refractivity contribution in [1.29, 1.82) is 0 Å². The Labute approximate surface area is 103 Å². The second-order valence-corrected chi connectivity index (χ2v) is 4.25. The minimum atomic E-state index is -2.04. The van der Waals surface area contributed by atoms with Crippen LogP contribution >= 0.6 is 0 Å². The zero-order valence-corrected chi connectivity index (χ0v) is 9.98. The molecule has 0 saturated carbocycles. The number of aliphatic hydroxyl groups is 1. The molecule has 6 heteroatoms. The largest absolute Gasteiger partial charge is 0.497 e. The van der Waals surface area contributed by atoms with E-state index < -0.39 is 23.9 Å². The molecule has 1 aliphatic rings. The van der Waals surface area contributed by atoms with E-state index in [2.05, 4.69) is 5.32 Å². The van der Waals surface area contributed by atoms with Crippen LogP contribution in [-0.4, -0.2) is 29.2 Å². The molecule has 0 radical (unpaired) electrons. The van der Waals surface area contributed by atoms with E-state index in [-0.39, 0.29) is 5.56 Å². The van der Waals surface area contributed by atoms with Crippen LogP contribution in [-0.2, 0) is 15.2 Å². The van der Waals surface area contributed by atoms with Crippen molar-refractivity contribution in [1.82, 2.24) is 0 Å². The monoisotopic (exact) mass is 251 g/mol. The number of carboxylic acid groups (broad SMARTS) is 1. The molecule has 1 amide bonds. The Bertz CT molecular complexity index is 540. The highest BCUT2D eigenvalue weighted by molar-refractivity contribution is 6.07. The van der Waals surface area contributed by atoms with Gasteiger partial charge in [0.25, 0.3) is 5.91 Å². The van der Waals surface area contributed by atoms with Crippen LogP contribution in [0.5, 0.6) is 5.75 Å². The molecular weight excluding hydrogens is 238 g/mol. The Morgan fingerprint density at radius 1 is 1.50 bits per heavy atom. The summed E-state index contributed by atoms with van der Waals surface area (Å²) < 4.78 is 5.06. The topological polar surface area (TPSA) is 95.9 Å². The molecule has 1 aromatic carbocycles. The summed E-state index contributed by atoms with van der Waals surface area (Å²) in [5, 5.41) is 21.6. The SMILES string of the molecule is COc1cc(C)c2c(c1)C(O)(CC(=O)O)C(=O)N2. The van der Waals surface area contributed by atoms with Crippen LogP contribution in [0.15, 0.2) is 12.1 Å². The first kappa shape index (κ1) is 12.4. The fraction of sp³-hybridized carbons (Fsp3) is 0.333. The van der Waals surface area contributed by atoms with Gasteiger partial charge in [0.1, 0.15) is 5.75 Å². The van der Waals surface area contributed by atoms with E-state index in [1.807, 2.05) is 0 Å². The molecule has 0 fully saturated rings. The Hall–Kier alpha value is -2.08. The fourth-order valence-electron chi connectivity index (χ4n) is 2.10. The first-order valence-corrected chi connectivity index (χ1v) is 5.33. The van der Waals surface area contributed by atoms with Gasteiger partial charge in [0.05, 0.1) is 19.2 Å². The molecule has 18 heavy (non-hydrogen) atoms. The number of benzene rings is 1. The van der Waals surface area contributed by atoms with Gasteiger partial charge in [0, 0.05) is 5.56 Å².